The zero-order valence-electron chi connectivity index (χ0n) is 18.3. The molecular formula is C24H33N3O3. The number of hydrogen-bond donors (Lipinski definition) is 1. The van der Waals surface area contributed by atoms with Crippen LogP contribution in [-0.4, -0.2) is 49.7 Å². The molecule has 0 spiro atoms. The molecule has 2 aromatic rings. The number of pyridine rings is 1. The van der Waals surface area contributed by atoms with E-state index in [9.17, 15) is 4.79 Å². The van der Waals surface area contributed by atoms with Gasteiger partial charge in [0.2, 0.25) is 5.91 Å². The summed E-state index contributed by atoms with van der Waals surface area (Å²) in [5.41, 5.74) is 3.36. The van der Waals surface area contributed by atoms with Crippen LogP contribution in [0.4, 0.5) is 0 Å². The minimum absolute atomic E-state index is 0.00461. The number of aromatic nitrogens is 1. The Morgan fingerprint density at radius 3 is 2.90 bits per heavy atom. The normalized spacial score (nSPS) is 18.0. The van der Waals surface area contributed by atoms with Crippen molar-refractivity contribution >= 4 is 5.91 Å². The summed E-state index contributed by atoms with van der Waals surface area (Å²) in [7, 11) is 3.34. The summed E-state index contributed by atoms with van der Waals surface area (Å²) in [6.07, 6.45) is 4.31. The minimum atomic E-state index is -0.0993. The number of methoxy groups -OCH3 is 2. The first-order valence-corrected chi connectivity index (χ1v) is 10.7. The Morgan fingerprint density at radius 1 is 1.30 bits per heavy atom. The van der Waals surface area contributed by atoms with Gasteiger partial charge in [0.1, 0.15) is 5.75 Å². The highest BCUT2D eigenvalue weighted by Crippen LogP contribution is 2.31. The molecule has 3 rings (SSSR count). The molecule has 0 bridgehead atoms. The summed E-state index contributed by atoms with van der Waals surface area (Å²) in [5, 5.41) is 3.22. The monoisotopic (exact) mass is 411 g/mol. The van der Waals surface area contributed by atoms with Crippen LogP contribution in [-0.2, 0) is 16.1 Å². The quantitative estimate of drug-likeness (QED) is 0.684. The van der Waals surface area contributed by atoms with E-state index in [-0.39, 0.29) is 11.9 Å². The average molecular weight is 412 g/mol. The Labute approximate surface area is 179 Å². The minimum Gasteiger partial charge on any atom is -0.496 e. The molecule has 6 nitrogen and oxygen atoms in total. The molecule has 1 aliphatic rings. The maximum absolute atomic E-state index is 12.5. The van der Waals surface area contributed by atoms with Gasteiger partial charge in [-0.1, -0.05) is 23.8 Å². The van der Waals surface area contributed by atoms with Crippen molar-refractivity contribution in [2.45, 2.75) is 38.8 Å². The fourth-order valence-corrected chi connectivity index (χ4v) is 4.21. The van der Waals surface area contributed by atoms with Gasteiger partial charge in [-0.2, -0.15) is 0 Å². The molecule has 1 aliphatic heterocycles. The Morgan fingerprint density at radius 2 is 2.17 bits per heavy atom. The molecule has 6 heteroatoms. The Kier molecular flexibility index (Phi) is 8.22. The van der Waals surface area contributed by atoms with Crippen molar-refractivity contribution in [3.63, 3.8) is 0 Å². The van der Waals surface area contributed by atoms with E-state index in [1.54, 1.807) is 20.4 Å². The topological polar surface area (TPSA) is 63.7 Å². The van der Waals surface area contributed by atoms with E-state index in [2.05, 4.69) is 34.3 Å². The molecule has 2 heterocycles. The lowest BCUT2D eigenvalue weighted by Crippen LogP contribution is -2.43. The van der Waals surface area contributed by atoms with E-state index in [0.29, 0.717) is 18.9 Å². The van der Waals surface area contributed by atoms with Gasteiger partial charge in [-0.3, -0.25) is 14.7 Å². The van der Waals surface area contributed by atoms with Crippen LogP contribution >= 0.6 is 0 Å². The van der Waals surface area contributed by atoms with Crippen LogP contribution in [0.15, 0.2) is 42.6 Å². The SMILES string of the molecule is COCCC(=O)N[C@@H](c1ccccn1)[C@H]1CCCN(Cc2cc(C)ccc2OC)C1. The van der Waals surface area contributed by atoms with E-state index in [1.165, 1.54) is 11.1 Å². The molecule has 162 valence electrons. The Bertz CT molecular complexity index is 813. The second kappa shape index (κ2) is 11.1. The summed E-state index contributed by atoms with van der Waals surface area (Å²) in [6.45, 7) is 5.32. The van der Waals surface area contributed by atoms with Crippen LogP contribution in [0, 0.1) is 12.8 Å². The van der Waals surface area contributed by atoms with Gasteiger partial charge in [0.25, 0.3) is 0 Å². The number of carbonyl (C=O) groups is 1. The fourth-order valence-electron chi connectivity index (χ4n) is 4.21. The summed E-state index contributed by atoms with van der Waals surface area (Å²) in [5.74, 6) is 1.23. The second-order valence-corrected chi connectivity index (χ2v) is 8.00. The highest BCUT2D eigenvalue weighted by atomic mass is 16.5. The third kappa shape index (κ3) is 6.03. The fraction of sp³-hybridized carbons (Fsp3) is 0.500. The average Bonchev–Trinajstić information content (AvgIpc) is 2.77. The number of piperidine rings is 1. The van der Waals surface area contributed by atoms with Crippen molar-refractivity contribution in [1.82, 2.24) is 15.2 Å². The van der Waals surface area contributed by atoms with Crippen molar-refractivity contribution in [1.29, 1.82) is 0 Å². The zero-order chi connectivity index (χ0) is 21.3. The molecule has 0 unspecified atom stereocenters. The highest BCUT2D eigenvalue weighted by Gasteiger charge is 2.30. The van der Waals surface area contributed by atoms with Crippen LogP contribution in [0.25, 0.3) is 0 Å². The molecule has 1 aromatic carbocycles. The molecule has 0 saturated carbocycles. The lowest BCUT2D eigenvalue weighted by atomic mass is 9.88. The number of amides is 1. The van der Waals surface area contributed by atoms with Gasteiger partial charge in [0, 0.05) is 38.4 Å². The summed E-state index contributed by atoms with van der Waals surface area (Å²) in [6, 6.07) is 12.1. The van der Waals surface area contributed by atoms with Crippen LogP contribution in [0.5, 0.6) is 5.75 Å². The Balaban J connectivity index is 1.74. The van der Waals surface area contributed by atoms with Crippen molar-refractivity contribution < 1.29 is 14.3 Å². The van der Waals surface area contributed by atoms with E-state index in [1.807, 2.05) is 24.3 Å². The number of carbonyl (C=O) groups excluding carboxylic acids is 1. The van der Waals surface area contributed by atoms with Gasteiger partial charge in [0.15, 0.2) is 0 Å². The maximum atomic E-state index is 12.5. The molecule has 1 saturated heterocycles. The summed E-state index contributed by atoms with van der Waals surface area (Å²) < 4.78 is 10.6. The summed E-state index contributed by atoms with van der Waals surface area (Å²) in [4.78, 5) is 19.5. The maximum Gasteiger partial charge on any atom is 0.222 e. The van der Waals surface area contributed by atoms with Crippen LogP contribution < -0.4 is 10.1 Å². The first kappa shape index (κ1) is 22.2. The van der Waals surface area contributed by atoms with Gasteiger partial charge in [-0.05, 0) is 50.4 Å². The van der Waals surface area contributed by atoms with Crippen LogP contribution in [0.1, 0.15) is 42.1 Å². The standard InChI is InChI=1S/C24H33N3O3/c1-18-9-10-22(30-3)20(15-18)17-27-13-6-7-19(16-27)24(21-8-4-5-12-25-21)26-23(28)11-14-29-2/h4-5,8-10,12,15,19,24H,6-7,11,13-14,16-17H2,1-3H3,(H,26,28)/t19-,24+/m0/s1. The number of benzene rings is 1. The largest absolute Gasteiger partial charge is 0.496 e. The predicted molar refractivity (Wildman–Crippen MR) is 117 cm³/mol. The highest BCUT2D eigenvalue weighted by molar-refractivity contribution is 5.76. The first-order chi connectivity index (χ1) is 14.6. The van der Waals surface area contributed by atoms with E-state index >= 15 is 0 Å². The van der Waals surface area contributed by atoms with Gasteiger partial charge >= 0.3 is 0 Å². The molecule has 30 heavy (non-hydrogen) atoms. The molecule has 2 atom stereocenters. The number of likely N-dealkylation sites (tertiary alicyclic amines) is 1. The summed E-state index contributed by atoms with van der Waals surface area (Å²) >= 11 is 0. The van der Waals surface area contributed by atoms with Gasteiger partial charge in [0.05, 0.1) is 25.5 Å². The lowest BCUT2D eigenvalue weighted by molar-refractivity contribution is -0.123. The van der Waals surface area contributed by atoms with Crippen molar-refractivity contribution in [3.05, 3.63) is 59.4 Å². The zero-order valence-corrected chi connectivity index (χ0v) is 18.3. The molecule has 1 amide bonds. The number of hydrogen-bond acceptors (Lipinski definition) is 5. The van der Waals surface area contributed by atoms with E-state index in [4.69, 9.17) is 9.47 Å². The third-order valence-electron chi connectivity index (χ3n) is 5.70. The predicted octanol–water partition coefficient (Wildman–Crippen LogP) is 3.50. The Hall–Kier alpha value is -2.44. The van der Waals surface area contributed by atoms with Crippen molar-refractivity contribution in [2.75, 3.05) is 33.9 Å². The number of rotatable bonds is 9. The van der Waals surface area contributed by atoms with Gasteiger partial charge in [-0.25, -0.2) is 0 Å². The number of nitrogens with zero attached hydrogens (tertiary/aromatic N) is 2. The molecule has 1 N–H and O–H groups in total. The molecule has 0 aliphatic carbocycles. The molecule has 1 aromatic heterocycles. The number of aryl methyl sites for hydroxylation is 1. The van der Waals surface area contributed by atoms with Crippen molar-refractivity contribution in [3.8, 4) is 5.75 Å². The third-order valence-corrected chi connectivity index (χ3v) is 5.70. The van der Waals surface area contributed by atoms with Gasteiger partial charge in [-0.15, -0.1) is 0 Å². The van der Waals surface area contributed by atoms with Gasteiger partial charge < -0.3 is 14.8 Å². The lowest BCUT2D eigenvalue weighted by Gasteiger charge is -2.37. The molecular weight excluding hydrogens is 378 g/mol. The first-order valence-electron chi connectivity index (χ1n) is 10.7. The van der Waals surface area contributed by atoms with E-state index in [0.717, 1.165) is 43.9 Å². The second-order valence-electron chi connectivity index (χ2n) is 8.00. The number of nitrogens with one attached hydrogen (secondary N) is 1. The van der Waals surface area contributed by atoms with Crippen molar-refractivity contribution in [2.24, 2.45) is 5.92 Å². The smallest absolute Gasteiger partial charge is 0.222 e. The van der Waals surface area contributed by atoms with E-state index < -0.39 is 0 Å². The molecule has 1 fully saturated rings. The van der Waals surface area contributed by atoms with Crippen LogP contribution in [0.3, 0.4) is 0 Å². The number of ether oxygens (including phenoxy) is 2. The van der Waals surface area contributed by atoms with Crippen LogP contribution in [0.2, 0.25) is 0 Å². The molecule has 0 radical (unpaired) electrons.